The average molecular weight is 326 g/mol. The summed E-state index contributed by atoms with van der Waals surface area (Å²) in [6, 6.07) is 0.489. The quantitative estimate of drug-likeness (QED) is 0.570. The molecule has 0 saturated heterocycles. The van der Waals surface area contributed by atoms with Gasteiger partial charge in [-0.25, -0.2) is 9.98 Å². The molecule has 1 aromatic rings. The molecule has 0 fully saturated rings. The topological polar surface area (TPSA) is 52.6 Å². The Bertz CT molecular complexity index is 446. The van der Waals surface area contributed by atoms with Crippen LogP contribution in [0.15, 0.2) is 4.99 Å². The van der Waals surface area contributed by atoms with Crippen molar-refractivity contribution in [1.82, 2.24) is 20.5 Å². The van der Waals surface area contributed by atoms with Gasteiger partial charge in [-0.05, 0) is 40.8 Å². The number of guanidine groups is 1. The molecule has 0 spiro atoms. The van der Waals surface area contributed by atoms with Gasteiger partial charge in [-0.2, -0.15) is 0 Å². The Kier molecular flexibility index (Phi) is 8.42. The number of nitrogens with zero attached hydrogens (tertiary/aromatic N) is 3. The summed E-state index contributed by atoms with van der Waals surface area (Å²) in [5, 5.41) is 7.81. The van der Waals surface area contributed by atoms with Crippen LogP contribution in [0.2, 0.25) is 0 Å². The van der Waals surface area contributed by atoms with Gasteiger partial charge in [-0.15, -0.1) is 11.3 Å². The first kappa shape index (κ1) is 18.9. The van der Waals surface area contributed by atoms with Gasteiger partial charge in [0.05, 0.1) is 12.2 Å². The second-order valence-corrected chi connectivity index (χ2v) is 6.68. The van der Waals surface area contributed by atoms with E-state index >= 15 is 0 Å². The minimum Gasteiger partial charge on any atom is -0.357 e. The van der Waals surface area contributed by atoms with Gasteiger partial charge < -0.3 is 10.6 Å². The Balaban J connectivity index is 2.58. The maximum absolute atomic E-state index is 4.64. The molecular formula is C16H31N5S. The maximum Gasteiger partial charge on any atom is 0.191 e. The van der Waals surface area contributed by atoms with Crippen molar-refractivity contribution in [3.8, 4) is 0 Å². The van der Waals surface area contributed by atoms with E-state index in [2.05, 4.69) is 60.1 Å². The van der Waals surface area contributed by atoms with E-state index in [1.165, 1.54) is 4.88 Å². The normalized spacial score (nSPS) is 13.5. The molecule has 126 valence electrons. The van der Waals surface area contributed by atoms with Gasteiger partial charge in [0.25, 0.3) is 0 Å². The summed E-state index contributed by atoms with van der Waals surface area (Å²) >= 11 is 1.73. The summed E-state index contributed by atoms with van der Waals surface area (Å²) < 4.78 is 0. The first-order valence-electron chi connectivity index (χ1n) is 8.20. The van der Waals surface area contributed by atoms with Crippen molar-refractivity contribution >= 4 is 17.3 Å². The third-order valence-corrected chi connectivity index (χ3v) is 4.85. The maximum atomic E-state index is 4.64. The fraction of sp³-hybridized carbons (Fsp3) is 0.750. The molecule has 22 heavy (non-hydrogen) atoms. The van der Waals surface area contributed by atoms with Gasteiger partial charge >= 0.3 is 0 Å². The molecule has 0 aliphatic heterocycles. The van der Waals surface area contributed by atoms with Crippen molar-refractivity contribution in [3.05, 3.63) is 15.6 Å². The molecule has 0 amide bonds. The molecule has 1 rings (SSSR count). The van der Waals surface area contributed by atoms with Gasteiger partial charge in [0.2, 0.25) is 0 Å². The van der Waals surface area contributed by atoms with Crippen LogP contribution in [0, 0.1) is 13.8 Å². The van der Waals surface area contributed by atoms with Crippen LogP contribution in [-0.2, 0) is 6.54 Å². The fourth-order valence-electron chi connectivity index (χ4n) is 2.32. The average Bonchev–Trinajstić information content (AvgIpc) is 2.82. The second-order valence-electron chi connectivity index (χ2n) is 5.40. The van der Waals surface area contributed by atoms with E-state index in [9.17, 15) is 0 Å². The van der Waals surface area contributed by atoms with Crippen LogP contribution in [-0.4, -0.2) is 48.1 Å². The Morgan fingerprint density at radius 1 is 1.23 bits per heavy atom. The van der Waals surface area contributed by atoms with Crippen LogP contribution < -0.4 is 10.6 Å². The van der Waals surface area contributed by atoms with Gasteiger partial charge in [-0.1, -0.05) is 13.8 Å². The number of hydrogen-bond acceptors (Lipinski definition) is 4. The second kappa shape index (κ2) is 9.79. The highest BCUT2D eigenvalue weighted by Gasteiger charge is 2.10. The van der Waals surface area contributed by atoms with Gasteiger partial charge in [-0.3, -0.25) is 4.90 Å². The van der Waals surface area contributed by atoms with Crippen molar-refractivity contribution in [2.75, 3.05) is 26.2 Å². The Morgan fingerprint density at radius 2 is 1.91 bits per heavy atom. The Morgan fingerprint density at radius 3 is 2.41 bits per heavy atom. The summed E-state index contributed by atoms with van der Waals surface area (Å²) in [6.07, 6.45) is 0. The SMILES string of the molecule is CCNC(=NCc1nc(C)c(C)s1)NCC(C)N(CC)CC. The number of aryl methyl sites for hydroxylation is 2. The summed E-state index contributed by atoms with van der Waals surface area (Å²) in [4.78, 5) is 12.9. The molecule has 1 heterocycles. The number of aromatic nitrogens is 1. The van der Waals surface area contributed by atoms with E-state index < -0.39 is 0 Å². The summed E-state index contributed by atoms with van der Waals surface area (Å²) in [5.41, 5.74) is 1.11. The number of nitrogens with one attached hydrogen (secondary N) is 2. The van der Waals surface area contributed by atoms with Crippen molar-refractivity contribution in [3.63, 3.8) is 0 Å². The molecule has 0 aromatic carbocycles. The molecule has 0 radical (unpaired) electrons. The van der Waals surface area contributed by atoms with Crippen molar-refractivity contribution in [1.29, 1.82) is 0 Å². The number of rotatable bonds is 8. The summed E-state index contributed by atoms with van der Waals surface area (Å²) in [5.74, 6) is 0.868. The predicted octanol–water partition coefficient (Wildman–Crippen LogP) is 2.55. The summed E-state index contributed by atoms with van der Waals surface area (Å²) in [7, 11) is 0. The third kappa shape index (κ3) is 5.93. The standard InChI is InChI=1S/C16H31N5S/c1-7-17-16(18-10-12(4)21(8-2)9-3)19-11-15-20-13(5)14(6)22-15/h12H,7-11H2,1-6H3,(H2,17,18,19). The van der Waals surface area contributed by atoms with Crippen molar-refractivity contribution in [2.24, 2.45) is 4.99 Å². The first-order valence-corrected chi connectivity index (χ1v) is 9.02. The van der Waals surface area contributed by atoms with E-state index in [0.29, 0.717) is 12.6 Å². The molecule has 1 unspecified atom stereocenters. The minimum atomic E-state index is 0.489. The van der Waals surface area contributed by atoms with Crippen LogP contribution in [0.3, 0.4) is 0 Å². The lowest BCUT2D eigenvalue weighted by molar-refractivity contribution is 0.231. The van der Waals surface area contributed by atoms with Gasteiger partial charge in [0.15, 0.2) is 5.96 Å². The van der Waals surface area contributed by atoms with Crippen LogP contribution in [0.1, 0.15) is 43.3 Å². The monoisotopic (exact) mass is 325 g/mol. The van der Waals surface area contributed by atoms with Crippen LogP contribution in [0.4, 0.5) is 0 Å². The zero-order valence-corrected chi connectivity index (χ0v) is 15.7. The zero-order valence-electron chi connectivity index (χ0n) is 14.9. The molecular weight excluding hydrogens is 294 g/mol. The Hall–Kier alpha value is -1.14. The highest BCUT2D eigenvalue weighted by Crippen LogP contribution is 2.16. The van der Waals surface area contributed by atoms with Gasteiger partial charge in [0, 0.05) is 24.0 Å². The lowest BCUT2D eigenvalue weighted by Gasteiger charge is -2.27. The Labute approximate surface area is 139 Å². The fourth-order valence-corrected chi connectivity index (χ4v) is 3.17. The zero-order chi connectivity index (χ0) is 16.5. The molecule has 0 aliphatic rings. The molecule has 0 aliphatic carbocycles. The summed E-state index contributed by atoms with van der Waals surface area (Å²) in [6.45, 7) is 17.4. The van der Waals surface area contributed by atoms with E-state index in [1.54, 1.807) is 11.3 Å². The predicted molar refractivity (Wildman–Crippen MR) is 96.8 cm³/mol. The molecule has 1 atom stereocenters. The van der Waals surface area contributed by atoms with Gasteiger partial charge in [0.1, 0.15) is 5.01 Å². The molecule has 6 heteroatoms. The molecule has 1 aromatic heterocycles. The molecule has 0 saturated carbocycles. The molecule has 2 N–H and O–H groups in total. The minimum absolute atomic E-state index is 0.489. The highest BCUT2D eigenvalue weighted by atomic mass is 32.1. The lowest BCUT2D eigenvalue weighted by Crippen LogP contribution is -2.45. The number of hydrogen-bond donors (Lipinski definition) is 2. The van der Waals surface area contributed by atoms with E-state index in [1.807, 2.05) is 6.92 Å². The lowest BCUT2D eigenvalue weighted by atomic mass is 10.3. The van der Waals surface area contributed by atoms with Crippen LogP contribution in [0.5, 0.6) is 0 Å². The molecule has 5 nitrogen and oxygen atoms in total. The first-order chi connectivity index (χ1) is 10.5. The van der Waals surface area contributed by atoms with Crippen LogP contribution in [0.25, 0.3) is 0 Å². The molecule has 0 bridgehead atoms. The smallest absolute Gasteiger partial charge is 0.191 e. The highest BCUT2D eigenvalue weighted by molar-refractivity contribution is 7.11. The number of thiazole rings is 1. The van der Waals surface area contributed by atoms with Crippen molar-refractivity contribution in [2.45, 2.75) is 54.1 Å². The van der Waals surface area contributed by atoms with E-state index in [4.69, 9.17) is 0 Å². The van der Waals surface area contributed by atoms with E-state index in [0.717, 1.165) is 42.8 Å². The van der Waals surface area contributed by atoms with E-state index in [-0.39, 0.29) is 0 Å². The number of likely N-dealkylation sites (N-methyl/N-ethyl adjacent to an activating group) is 1. The number of aliphatic imine (C=N–C) groups is 1. The largest absolute Gasteiger partial charge is 0.357 e. The van der Waals surface area contributed by atoms with Crippen LogP contribution >= 0.6 is 11.3 Å². The van der Waals surface area contributed by atoms with Crippen molar-refractivity contribution < 1.29 is 0 Å². The third-order valence-electron chi connectivity index (χ3n) is 3.79.